The maximum absolute atomic E-state index is 12.1. The van der Waals surface area contributed by atoms with Crippen LogP contribution in [0.5, 0.6) is 0 Å². The third kappa shape index (κ3) is 3.98. The number of para-hydroxylation sites is 1. The number of hydrogen-bond donors (Lipinski definition) is 3. The number of hydrogen-bond acceptors (Lipinski definition) is 3. The molecule has 1 unspecified atom stereocenters. The van der Waals surface area contributed by atoms with Crippen molar-refractivity contribution in [1.29, 1.82) is 0 Å². The Balaban J connectivity index is 1.58. The Morgan fingerprint density at radius 1 is 1.12 bits per heavy atom. The second-order valence-electron chi connectivity index (χ2n) is 5.80. The second kappa shape index (κ2) is 7.09. The summed E-state index contributed by atoms with van der Waals surface area (Å²) in [4.78, 5) is 23.3. The highest BCUT2D eigenvalue weighted by Crippen LogP contribution is 2.23. The summed E-state index contributed by atoms with van der Waals surface area (Å²) in [6.07, 6.45) is 0. The van der Waals surface area contributed by atoms with E-state index in [4.69, 9.17) is 10.2 Å². The fraction of sp³-hybridized carbons (Fsp3) is 0.158. The molecule has 4 N–H and O–H groups in total. The Bertz CT molecular complexity index is 884. The topological polar surface area (TPSA) is 97.4 Å². The minimum atomic E-state index is -0.496. The molecule has 6 nitrogen and oxygen atoms in total. The Kier molecular flexibility index (Phi) is 4.70. The van der Waals surface area contributed by atoms with E-state index >= 15 is 0 Å². The van der Waals surface area contributed by atoms with Crippen molar-refractivity contribution in [3.8, 4) is 0 Å². The molecule has 3 rings (SSSR count). The summed E-state index contributed by atoms with van der Waals surface area (Å²) in [5.74, 6) is 0.192. The zero-order valence-corrected chi connectivity index (χ0v) is 13.8. The first-order valence-electron chi connectivity index (χ1n) is 7.94. The summed E-state index contributed by atoms with van der Waals surface area (Å²) in [6, 6.07) is 15.8. The van der Waals surface area contributed by atoms with Gasteiger partial charge in [0.1, 0.15) is 11.3 Å². The number of benzene rings is 2. The Hall–Kier alpha value is -3.28. The number of furan rings is 1. The maximum atomic E-state index is 12.1. The van der Waals surface area contributed by atoms with Gasteiger partial charge in [-0.15, -0.1) is 0 Å². The van der Waals surface area contributed by atoms with Crippen LogP contribution in [0.25, 0.3) is 11.0 Å². The smallest absolute Gasteiger partial charge is 0.315 e. The average Bonchev–Trinajstić information content (AvgIpc) is 3.04. The summed E-state index contributed by atoms with van der Waals surface area (Å²) in [5, 5.41) is 6.58. The molecule has 1 heterocycles. The number of carbonyl (C=O) groups is 2. The molecule has 1 atom stereocenters. The molecule has 0 saturated carbocycles. The van der Waals surface area contributed by atoms with E-state index in [0.717, 1.165) is 16.5 Å². The molecule has 3 amide bonds. The minimum absolute atomic E-state index is 0.274. The molecule has 0 radical (unpaired) electrons. The number of rotatable bonds is 5. The van der Waals surface area contributed by atoms with Crippen LogP contribution in [0.2, 0.25) is 0 Å². The largest absolute Gasteiger partial charge is 0.459 e. The third-order valence-electron chi connectivity index (χ3n) is 3.88. The lowest BCUT2D eigenvalue weighted by atomic mass is 10.1. The van der Waals surface area contributed by atoms with E-state index in [9.17, 15) is 9.59 Å². The zero-order chi connectivity index (χ0) is 17.8. The lowest BCUT2D eigenvalue weighted by molar-refractivity contribution is 0.1000. The normalized spacial score (nSPS) is 11.9. The summed E-state index contributed by atoms with van der Waals surface area (Å²) >= 11 is 0. The number of primary amides is 1. The van der Waals surface area contributed by atoms with Gasteiger partial charge in [-0.05, 0) is 36.8 Å². The molecule has 3 aromatic rings. The lowest BCUT2D eigenvalue weighted by Gasteiger charge is -2.12. The van der Waals surface area contributed by atoms with Crippen molar-refractivity contribution < 1.29 is 14.0 Å². The van der Waals surface area contributed by atoms with Crippen molar-refractivity contribution in [2.45, 2.75) is 19.5 Å². The van der Waals surface area contributed by atoms with Crippen LogP contribution in [-0.2, 0) is 6.54 Å². The van der Waals surface area contributed by atoms with Crippen LogP contribution < -0.4 is 16.4 Å². The van der Waals surface area contributed by atoms with E-state index < -0.39 is 5.91 Å². The second-order valence-corrected chi connectivity index (χ2v) is 5.80. The van der Waals surface area contributed by atoms with Crippen LogP contribution in [-0.4, -0.2) is 11.9 Å². The van der Waals surface area contributed by atoms with Crippen LogP contribution >= 0.6 is 0 Å². The van der Waals surface area contributed by atoms with E-state index in [0.29, 0.717) is 17.9 Å². The molecule has 0 saturated heterocycles. The molecule has 25 heavy (non-hydrogen) atoms. The zero-order valence-electron chi connectivity index (χ0n) is 13.8. The van der Waals surface area contributed by atoms with Crippen LogP contribution in [0.3, 0.4) is 0 Å². The van der Waals surface area contributed by atoms with Crippen molar-refractivity contribution in [3.63, 3.8) is 0 Å². The predicted molar refractivity (Wildman–Crippen MR) is 95.0 cm³/mol. The fourth-order valence-corrected chi connectivity index (χ4v) is 2.55. The van der Waals surface area contributed by atoms with Crippen molar-refractivity contribution in [2.75, 3.05) is 0 Å². The Morgan fingerprint density at radius 2 is 1.92 bits per heavy atom. The summed E-state index contributed by atoms with van der Waals surface area (Å²) in [6.45, 7) is 2.14. The highest BCUT2D eigenvalue weighted by atomic mass is 16.3. The summed E-state index contributed by atoms with van der Waals surface area (Å²) in [5.41, 5.74) is 7.25. The minimum Gasteiger partial charge on any atom is -0.459 e. The van der Waals surface area contributed by atoms with Crippen molar-refractivity contribution in [3.05, 3.63) is 71.5 Å². The van der Waals surface area contributed by atoms with Gasteiger partial charge >= 0.3 is 6.03 Å². The van der Waals surface area contributed by atoms with Gasteiger partial charge in [0, 0.05) is 17.5 Å². The van der Waals surface area contributed by atoms with E-state index in [2.05, 4.69) is 10.6 Å². The van der Waals surface area contributed by atoms with Gasteiger partial charge in [0.2, 0.25) is 5.91 Å². The first kappa shape index (κ1) is 16.6. The molecule has 6 heteroatoms. The van der Waals surface area contributed by atoms with Gasteiger partial charge < -0.3 is 20.8 Å². The summed E-state index contributed by atoms with van der Waals surface area (Å²) in [7, 11) is 0. The van der Waals surface area contributed by atoms with Crippen LogP contribution in [0.15, 0.2) is 59.0 Å². The number of nitrogens with one attached hydrogen (secondary N) is 2. The standard InChI is InChI=1S/C19H19N3O3/c1-12(17-10-14-6-2-3-8-16(14)25-17)22-19(24)21-11-13-5-4-7-15(9-13)18(20)23/h2-10,12H,11H2,1H3,(H2,20,23)(H2,21,22,24). The number of carbonyl (C=O) groups excluding carboxylic acids is 2. The lowest BCUT2D eigenvalue weighted by Crippen LogP contribution is -2.36. The van der Waals surface area contributed by atoms with Crippen molar-refractivity contribution >= 4 is 22.9 Å². The van der Waals surface area contributed by atoms with E-state index in [1.165, 1.54) is 0 Å². The van der Waals surface area contributed by atoms with Gasteiger partial charge in [-0.1, -0.05) is 30.3 Å². The first-order chi connectivity index (χ1) is 12.0. The fourth-order valence-electron chi connectivity index (χ4n) is 2.55. The quantitative estimate of drug-likeness (QED) is 0.667. The van der Waals surface area contributed by atoms with Gasteiger partial charge in [0.15, 0.2) is 0 Å². The van der Waals surface area contributed by atoms with Gasteiger partial charge in [-0.2, -0.15) is 0 Å². The number of fused-ring (bicyclic) bond motifs is 1. The molecule has 0 aliphatic carbocycles. The molecule has 0 aliphatic rings. The SMILES string of the molecule is CC(NC(=O)NCc1cccc(C(N)=O)c1)c1cc2ccccc2o1. The van der Waals surface area contributed by atoms with Gasteiger partial charge in [0.25, 0.3) is 0 Å². The van der Waals surface area contributed by atoms with Gasteiger partial charge in [0.05, 0.1) is 6.04 Å². The third-order valence-corrected chi connectivity index (χ3v) is 3.88. The van der Waals surface area contributed by atoms with Crippen molar-refractivity contribution in [2.24, 2.45) is 5.73 Å². The number of urea groups is 1. The van der Waals surface area contributed by atoms with E-state index in [-0.39, 0.29) is 12.1 Å². The van der Waals surface area contributed by atoms with Gasteiger partial charge in [-0.3, -0.25) is 4.79 Å². The van der Waals surface area contributed by atoms with Gasteiger partial charge in [-0.25, -0.2) is 4.79 Å². The number of amides is 3. The highest BCUT2D eigenvalue weighted by molar-refractivity contribution is 5.92. The van der Waals surface area contributed by atoms with E-state index in [1.807, 2.05) is 43.3 Å². The molecule has 0 spiro atoms. The van der Waals surface area contributed by atoms with Crippen LogP contribution in [0.1, 0.15) is 34.6 Å². The highest BCUT2D eigenvalue weighted by Gasteiger charge is 2.14. The predicted octanol–water partition coefficient (Wildman–Crippen LogP) is 3.09. The van der Waals surface area contributed by atoms with Crippen molar-refractivity contribution in [1.82, 2.24) is 10.6 Å². The molecular weight excluding hydrogens is 318 g/mol. The first-order valence-corrected chi connectivity index (χ1v) is 7.94. The maximum Gasteiger partial charge on any atom is 0.315 e. The average molecular weight is 337 g/mol. The van der Waals surface area contributed by atoms with E-state index in [1.54, 1.807) is 18.2 Å². The summed E-state index contributed by atoms with van der Waals surface area (Å²) < 4.78 is 5.74. The molecule has 1 aromatic heterocycles. The Labute approximate surface area is 145 Å². The molecule has 2 aromatic carbocycles. The monoisotopic (exact) mass is 337 g/mol. The molecule has 0 bridgehead atoms. The van der Waals surface area contributed by atoms with Crippen LogP contribution in [0, 0.1) is 0 Å². The molecule has 0 fully saturated rings. The van der Waals surface area contributed by atoms with Crippen LogP contribution in [0.4, 0.5) is 4.79 Å². The molecule has 128 valence electrons. The Morgan fingerprint density at radius 3 is 2.68 bits per heavy atom. The number of nitrogens with two attached hydrogens (primary N) is 1. The molecular formula is C19H19N3O3. The molecule has 0 aliphatic heterocycles.